The first kappa shape index (κ1) is 20.4. The lowest BCUT2D eigenvalue weighted by atomic mass is 10.2. The number of nitrogens with one attached hydrogen (secondary N) is 2. The first-order valence-corrected chi connectivity index (χ1v) is 10.1. The minimum Gasteiger partial charge on any atom is -0.378 e. The molecule has 1 aliphatic heterocycles. The minimum atomic E-state index is -0.209. The summed E-state index contributed by atoms with van der Waals surface area (Å²) in [6.07, 6.45) is 2.16. The molecule has 1 heterocycles. The molecule has 2 aromatic rings. The van der Waals surface area contributed by atoms with Gasteiger partial charge < -0.3 is 15.0 Å². The third-order valence-electron chi connectivity index (χ3n) is 4.44. The molecule has 2 N–H and O–H groups in total. The van der Waals surface area contributed by atoms with Crippen LogP contribution in [0.1, 0.15) is 23.2 Å². The molecule has 1 aliphatic rings. The summed E-state index contributed by atoms with van der Waals surface area (Å²) in [5.41, 5.74) is 2.39. The number of carbonyl (C=O) groups excluding carboxylic acids is 1. The number of hydrogen-bond donors (Lipinski definition) is 2. The van der Waals surface area contributed by atoms with Crippen molar-refractivity contribution < 1.29 is 9.53 Å². The molecule has 28 heavy (non-hydrogen) atoms. The number of anilines is 2. The predicted molar refractivity (Wildman–Crippen MR) is 117 cm³/mol. The first-order chi connectivity index (χ1) is 13.5. The van der Waals surface area contributed by atoms with Crippen LogP contribution >= 0.6 is 15.9 Å². The predicted octanol–water partition coefficient (Wildman–Crippen LogP) is 3.89. The van der Waals surface area contributed by atoms with E-state index in [0.717, 1.165) is 35.3 Å². The average molecular weight is 445 g/mol. The summed E-state index contributed by atoms with van der Waals surface area (Å²) in [6, 6.07) is 15.2. The van der Waals surface area contributed by atoms with E-state index in [2.05, 4.69) is 31.6 Å². The normalized spacial score (nSPS) is 16.7. The van der Waals surface area contributed by atoms with Crippen LogP contribution < -0.4 is 15.5 Å². The van der Waals surface area contributed by atoms with Gasteiger partial charge in [0, 0.05) is 42.1 Å². The average Bonchev–Trinajstić information content (AvgIpc) is 3.21. The fourth-order valence-corrected chi connectivity index (χ4v) is 3.13. The van der Waals surface area contributed by atoms with Gasteiger partial charge in [-0.15, -0.1) is 0 Å². The summed E-state index contributed by atoms with van der Waals surface area (Å²) in [6.45, 7) is 1.29. The molecule has 1 fully saturated rings. The van der Waals surface area contributed by atoms with Gasteiger partial charge in [-0.2, -0.15) is 0 Å². The van der Waals surface area contributed by atoms with Gasteiger partial charge in [-0.3, -0.25) is 10.1 Å². The standard InChI is InChI=1S/C21H25BrN4O2/c1-26(2)18-6-3-5-15(13-18)20(27)25-21(23-14-19-7-4-12-28-19)24-17-10-8-16(22)9-11-17/h3,5-6,8-11,13,19H,4,7,12,14H2,1-2H3,(H2,23,24,25,27). The zero-order valence-corrected chi connectivity index (χ0v) is 17.7. The molecule has 6 nitrogen and oxygen atoms in total. The molecular weight excluding hydrogens is 420 g/mol. The number of aliphatic imine (C=N–C) groups is 1. The molecule has 1 unspecified atom stereocenters. The Kier molecular flexibility index (Phi) is 7.06. The third-order valence-corrected chi connectivity index (χ3v) is 4.97. The number of benzene rings is 2. The van der Waals surface area contributed by atoms with Crippen molar-refractivity contribution in [3.63, 3.8) is 0 Å². The highest BCUT2D eigenvalue weighted by Gasteiger charge is 2.16. The molecule has 0 aromatic heterocycles. The highest BCUT2D eigenvalue weighted by Crippen LogP contribution is 2.16. The van der Waals surface area contributed by atoms with Gasteiger partial charge in [-0.25, -0.2) is 4.99 Å². The van der Waals surface area contributed by atoms with Crippen LogP contribution in [0.5, 0.6) is 0 Å². The summed E-state index contributed by atoms with van der Waals surface area (Å²) in [7, 11) is 3.89. The summed E-state index contributed by atoms with van der Waals surface area (Å²) < 4.78 is 6.63. The van der Waals surface area contributed by atoms with E-state index in [1.54, 1.807) is 6.07 Å². The second-order valence-electron chi connectivity index (χ2n) is 6.86. The number of carbonyl (C=O) groups is 1. The Bertz CT molecular complexity index is 831. The van der Waals surface area contributed by atoms with Crippen molar-refractivity contribution >= 4 is 39.2 Å². The summed E-state index contributed by atoms with van der Waals surface area (Å²) >= 11 is 3.43. The van der Waals surface area contributed by atoms with Crippen LogP contribution in [-0.2, 0) is 4.74 Å². The lowest BCUT2D eigenvalue weighted by Gasteiger charge is -2.15. The molecule has 7 heteroatoms. The lowest BCUT2D eigenvalue weighted by molar-refractivity contribution is 0.0975. The van der Waals surface area contributed by atoms with E-state index in [4.69, 9.17) is 4.74 Å². The highest BCUT2D eigenvalue weighted by atomic mass is 79.9. The van der Waals surface area contributed by atoms with Crippen LogP contribution in [0.3, 0.4) is 0 Å². The zero-order valence-electron chi connectivity index (χ0n) is 16.1. The van der Waals surface area contributed by atoms with E-state index in [-0.39, 0.29) is 12.0 Å². The van der Waals surface area contributed by atoms with Crippen LogP contribution in [-0.4, -0.2) is 45.2 Å². The van der Waals surface area contributed by atoms with Crippen LogP contribution in [0, 0.1) is 0 Å². The van der Waals surface area contributed by atoms with Crippen LogP contribution in [0.4, 0.5) is 11.4 Å². The zero-order chi connectivity index (χ0) is 19.9. The van der Waals surface area contributed by atoms with Crippen molar-refractivity contribution in [3.8, 4) is 0 Å². The van der Waals surface area contributed by atoms with Gasteiger partial charge in [0.2, 0.25) is 5.96 Å². The molecule has 0 spiro atoms. The van der Waals surface area contributed by atoms with Gasteiger partial charge >= 0.3 is 0 Å². The Balaban J connectivity index is 1.75. The maximum Gasteiger partial charge on any atom is 0.258 e. The number of amides is 1. The Labute approximate surface area is 174 Å². The Morgan fingerprint density at radius 1 is 1.25 bits per heavy atom. The first-order valence-electron chi connectivity index (χ1n) is 9.28. The van der Waals surface area contributed by atoms with E-state index < -0.39 is 0 Å². The van der Waals surface area contributed by atoms with Crippen LogP contribution in [0.25, 0.3) is 0 Å². The molecule has 148 valence electrons. The van der Waals surface area contributed by atoms with Crippen molar-refractivity contribution in [2.45, 2.75) is 18.9 Å². The topological polar surface area (TPSA) is 66.0 Å². The summed E-state index contributed by atoms with van der Waals surface area (Å²) in [5.74, 6) is 0.206. The van der Waals surface area contributed by atoms with Gasteiger partial charge in [0.15, 0.2) is 0 Å². The third kappa shape index (κ3) is 5.81. The van der Waals surface area contributed by atoms with E-state index in [1.807, 2.05) is 61.5 Å². The summed E-state index contributed by atoms with van der Waals surface area (Å²) in [4.78, 5) is 19.3. The number of ether oxygens (including phenoxy) is 1. The number of rotatable bonds is 5. The Hall–Kier alpha value is -2.38. The molecule has 3 rings (SSSR count). The largest absolute Gasteiger partial charge is 0.378 e. The van der Waals surface area contributed by atoms with Crippen molar-refractivity contribution in [2.75, 3.05) is 37.5 Å². The molecule has 0 aliphatic carbocycles. The molecule has 0 saturated carbocycles. The maximum absolute atomic E-state index is 12.8. The van der Waals surface area contributed by atoms with Gasteiger partial charge in [0.1, 0.15) is 0 Å². The van der Waals surface area contributed by atoms with E-state index in [9.17, 15) is 4.79 Å². The number of guanidine groups is 1. The molecule has 2 aromatic carbocycles. The van der Waals surface area contributed by atoms with Crippen LogP contribution in [0.2, 0.25) is 0 Å². The Morgan fingerprint density at radius 3 is 2.71 bits per heavy atom. The SMILES string of the molecule is CN(C)c1cccc(C(=O)NC(=NCC2CCCO2)Nc2ccc(Br)cc2)c1. The molecule has 1 atom stereocenters. The fraction of sp³-hybridized carbons (Fsp3) is 0.333. The van der Waals surface area contributed by atoms with Crippen molar-refractivity contribution in [2.24, 2.45) is 4.99 Å². The van der Waals surface area contributed by atoms with Crippen molar-refractivity contribution in [3.05, 3.63) is 58.6 Å². The van der Waals surface area contributed by atoms with Gasteiger partial charge in [-0.1, -0.05) is 22.0 Å². The smallest absolute Gasteiger partial charge is 0.258 e. The maximum atomic E-state index is 12.8. The minimum absolute atomic E-state index is 0.107. The molecule has 0 radical (unpaired) electrons. The van der Waals surface area contributed by atoms with Crippen molar-refractivity contribution in [1.29, 1.82) is 0 Å². The molecule has 1 saturated heterocycles. The molecule has 0 bridgehead atoms. The molecule has 1 amide bonds. The quantitative estimate of drug-likeness (QED) is 0.542. The van der Waals surface area contributed by atoms with E-state index in [1.165, 1.54) is 0 Å². The number of hydrogen-bond acceptors (Lipinski definition) is 4. The lowest BCUT2D eigenvalue weighted by Crippen LogP contribution is -2.36. The monoisotopic (exact) mass is 444 g/mol. The molecular formula is C21H25BrN4O2. The highest BCUT2D eigenvalue weighted by molar-refractivity contribution is 9.10. The van der Waals surface area contributed by atoms with Gasteiger partial charge in [-0.05, 0) is 55.3 Å². The summed E-state index contributed by atoms with van der Waals surface area (Å²) in [5, 5.41) is 6.10. The van der Waals surface area contributed by atoms with Crippen molar-refractivity contribution in [1.82, 2.24) is 5.32 Å². The van der Waals surface area contributed by atoms with Gasteiger partial charge in [0.25, 0.3) is 5.91 Å². The number of halogens is 1. The Morgan fingerprint density at radius 2 is 2.04 bits per heavy atom. The van der Waals surface area contributed by atoms with E-state index >= 15 is 0 Å². The van der Waals surface area contributed by atoms with Crippen LogP contribution in [0.15, 0.2) is 58.0 Å². The number of nitrogens with zero attached hydrogens (tertiary/aromatic N) is 2. The second kappa shape index (κ2) is 9.71. The van der Waals surface area contributed by atoms with Gasteiger partial charge in [0.05, 0.1) is 12.6 Å². The second-order valence-corrected chi connectivity index (χ2v) is 7.77. The van der Waals surface area contributed by atoms with E-state index in [0.29, 0.717) is 18.1 Å². The fourth-order valence-electron chi connectivity index (χ4n) is 2.87.